The topological polar surface area (TPSA) is 130 Å². The number of rotatable bonds is 8. The number of aliphatic carboxylic acids is 1. The van der Waals surface area contributed by atoms with Crippen LogP contribution in [0.3, 0.4) is 0 Å². The number of aryl methyl sites for hydroxylation is 2. The van der Waals surface area contributed by atoms with Crippen LogP contribution in [0.4, 0.5) is 5.69 Å². The van der Waals surface area contributed by atoms with Crippen LogP contribution in [0.1, 0.15) is 17.5 Å². The van der Waals surface area contributed by atoms with Gasteiger partial charge in [0.2, 0.25) is 10.0 Å². The van der Waals surface area contributed by atoms with E-state index in [4.69, 9.17) is 9.84 Å². The van der Waals surface area contributed by atoms with Gasteiger partial charge in [-0.15, -0.1) is 0 Å². The molecule has 0 spiro atoms. The van der Waals surface area contributed by atoms with Gasteiger partial charge in [-0.2, -0.15) is 4.31 Å². The van der Waals surface area contributed by atoms with Gasteiger partial charge >= 0.3 is 5.97 Å². The summed E-state index contributed by atoms with van der Waals surface area (Å²) in [6.45, 7) is 2.76. The number of carboxylic acids is 1. The first-order chi connectivity index (χ1) is 14.6. The third-order valence-electron chi connectivity index (χ3n) is 4.89. The van der Waals surface area contributed by atoms with E-state index in [0.717, 1.165) is 0 Å². The first kappa shape index (κ1) is 23.2. The quantitative estimate of drug-likeness (QED) is 0.604. The van der Waals surface area contributed by atoms with Gasteiger partial charge in [0, 0.05) is 19.5 Å². The number of nitrogens with one attached hydrogen (secondary N) is 1. The van der Waals surface area contributed by atoms with Crippen molar-refractivity contribution in [2.75, 3.05) is 31.0 Å². The summed E-state index contributed by atoms with van der Waals surface area (Å²) in [6, 6.07) is 10.3. The van der Waals surface area contributed by atoms with E-state index < -0.39 is 26.0 Å². The lowest BCUT2D eigenvalue weighted by Gasteiger charge is -2.26. The zero-order valence-corrected chi connectivity index (χ0v) is 18.6. The minimum Gasteiger partial charge on any atom is -0.481 e. The van der Waals surface area contributed by atoms with Gasteiger partial charge in [-0.3, -0.25) is 9.52 Å². The van der Waals surface area contributed by atoms with Crippen LogP contribution in [-0.2, 0) is 36.0 Å². The lowest BCUT2D eigenvalue weighted by atomic mass is 10.1. The van der Waals surface area contributed by atoms with Crippen molar-refractivity contribution in [2.45, 2.75) is 29.6 Å². The Morgan fingerprint density at radius 2 is 1.71 bits per heavy atom. The fourth-order valence-electron chi connectivity index (χ4n) is 3.17. The second kappa shape index (κ2) is 9.35. The zero-order chi connectivity index (χ0) is 22.6. The molecule has 0 aromatic heterocycles. The molecular weight excluding hydrogens is 444 g/mol. The molecule has 2 N–H and O–H groups in total. The number of morpholine rings is 1. The van der Waals surface area contributed by atoms with Crippen LogP contribution in [0.5, 0.6) is 0 Å². The lowest BCUT2D eigenvalue weighted by molar-refractivity contribution is -0.136. The molecule has 2 aromatic rings. The number of hydrogen-bond donors (Lipinski definition) is 2. The maximum atomic E-state index is 13.0. The molecule has 2 aromatic carbocycles. The van der Waals surface area contributed by atoms with E-state index in [2.05, 4.69) is 4.72 Å². The van der Waals surface area contributed by atoms with Gasteiger partial charge in [0.05, 0.1) is 28.7 Å². The first-order valence-electron chi connectivity index (χ1n) is 9.62. The molecule has 1 aliphatic heterocycles. The Bertz CT molecular complexity index is 1150. The number of sulfonamides is 2. The molecule has 0 atom stereocenters. The molecule has 1 heterocycles. The Morgan fingerprint density at radius 1 is 1.06 bits per heavy atom. The van der Waals surface area contributed by atoms with Gasteiger partial charge < -0.3 is 9.84 Å². The number of hydrogen-bond acceptors (Lipinski definition) is 6. The van der Waals surface area contributed by atoms with E-state index >= 15 is 0 Å². The fraction of sp³-hybridized carbons (Fsp3) is 0.350. The van der Waals surface area contributed by atoms with Gasteiger partial charge in [0.1, 0.15) is 0 Å². The third-order valence-corrected chi connectivity index (χ3v) is 8.33. The third kappa shape index (κ3) is 5.62. The molecule has 11 heteroatoms. The average Bonchev–Trinajstić information content (AvgIpc) is 2.74. The van der Waals surface area contributed by atoms with E-state index in [1.165, 1.54) is 28.6 Å². The SMILES string of the molecule is Cc1ccc(NS(=O)(=O)c2ccc(CCC(=O)O)cc2)cc1S(=O)(=O)N1CCOCC1. The molecule has 0 radical (unpaired) electrons. The summed E-state index contributed by atoms with van der Waals surface area (Å²) in [5.74, 6) is -0.930. The maximum Gasteiger partial charge on any atom is 0.303 e. The Hall–Kier alpha value is -2.47. The van der Waals surface area contributed by atoms with E-state index in [-0.39, 0.29) is 35.0 Å². The van der Waals surface area contributed by atoms with Crippen molar-refractivity contribution < 1.29 is 31.5 Å². The van der Waals surface area contributed by atoms with Gasteiger partial charge in [-0.1, -0.05) is 18.2 Å². The summed E-state index contributed by atoms with van der Waals surface area (Å²) in [5.41, 5.74) is 1.35. The molecule has 0 amide bonds. The predicted molar refractivity (Wildman–Crippen MR) is 114 cm³/mol. The second-order valence-electron chi connectivity index (χ2n) is 7.14. The molecule has 0 unspecified atom stereocenters. The van der Waals surface area contributed by atoms with Crippen LogP contribution < -0.4 is 4.72 Å². The summed E-state index contributed by atoms with van der Waals surface area (Å²) < 4.78 is 60.4. The van der Waals surface area contributed by atoms with Crippen LogP contribution >= 0.6 is 0 Å². The van der Waals surface area contributed by atoms with Gasteiger partial charge in [-0.25, -0.2) is 16.8 Å². The standard InChI is InChI=1S/C20H24N2O7S2/c1-15-2-6-17(14-19(15)31(27,28)22-10-12-29-13-11-22)21-30(25,26)18-7-3-16(4-8-18)5-9-20(23)24/h2-4,6-8,14,21H,5,9-13H2,1H3,(H,23,24). The van der Waals surface area contributed by atoms with Crippen LogP contribution in [0.25, 0.3) is 0 Å². The predicted octanol–water partition coefficient (Wildman–Crippen LogP) is 1.83. The van der Waals surface area contributed by atoms with Crippen molar-refractivity contribution in [3.05, 3.63) is 53.6 Å². The van der Waals surface area contributed by atoms with Crippen LogP contribution in [0, 0.1) is 6.92 Å². The number of anilines is 1. The first-order valence-corrected chi connectivity index (χ1v) is 12.5. The largest absolute Gasteiger partial charge is 0.481 e. The second-order valence-corrected chi connectivity index (χ2v) is 10.7. The smallest absolute Gasteiger partial charge is 0.303 e. The van der Waals surface area contributed by atoms with Crippen LogP contribution in [-0.4, -0.2) is 58.5 Å². The maximum absolute atomic E-state index is 13.0. The van der Waals surface area contributed by atoms with Gasteiger partial charge in [0.15, 0.2) is 0 Å². The number of carboxylic acid groups (broad SMARTS) is 1. The van der Waals surface area contributed by atoms with Crippen molar-refractivity contribution in [3.8, 4) is 0 Å². The monoisotopic (exact) mass is 468 g/mol. The highest BCUT2D eigenvalue weighted by atomic mass is 32.2. The summed E-state index contributed by atoms with van der Waals surface area (Å²) >= 11 is 0. The number of benzene rings is 2. The molecule has 3 rings (SSSR count). The molecule has 0 bridgehead atoms. The molecule has 1 aliphatic rings. The van der Waals surface area contributed by atoms with E-state index in [1.807, 2.05) is 0 Å². The summed E-state index contributed by atoms with van der Waals surface area (Å²) in [6.07, 6.45) is 0.248. The lowest BCUT2D eigenvalue weighted by Crippen LogP contribution is -2.40. The molecule has 1 saturated heterocycles. The molecular formula is C20H24N2O7S2. The van der Waals surface area contributed by atoms with E-state index in [1.54, 1.807) is 25.1 Å². The van der Waals surface area contributed by atoms with Crippen molar-refractivity contribution in [3.63, 3.8) is 0 Å². The van der Waals surface area contributed by atoms with Gasteiger partial charge in [0.25, 0.3) is 10.0 Å². The summed E-state index contributed by atoms with van der Waals surface area (Å²) in [4.78, 5) is 10.7. The normalized spacial score (nSPS) is 15.5. The Morgan fingerprint density at radius 3 is 2.32 bits per heavy atom. The highest BCUT2D eigenvalue weighted by Gasteiger charge is 2.28. The molecule has 9 nitrogen and oxygen atoms in total. The summed E-state index contributed by atoms with van der Waals surface area (Å²) in [5, 5.41) is 8.75. The molecule has 31 heavy (non-hydrogen) atoms. The Labute approximate surface area is 181 Å². The van der Waals surface area contributed by atoms with Gasteiger partial charge in [-0.05, 0) is 48.7 Å². The number of nitrogens with zero attached hydrogens (tertiary/aromatic N) is 1. The number of ether oxygens (including phenoxy) is 1. The Balaban J connectivity index is 1.82. The zero-order valence-electron chi connectivity index (χ0n) is 16.9. The number of carbonyl (C=O) groups is 1. The highest BCUT2D eigenvalue weighted by molar-refractivity contribution is 7.92. The minimum atomic E-state index is -3.96. The molecule has 168 valence electrons. The van der Waals surface area contributed by atoms with Crippen molar-refractivity contribution >= 4 is 31.7 Å². The van der Waals surface area contributed by atoms with Crippen LogP contribution in [0.2, 0.25) is 0 Å². The van der Waals surface area contributed by atoms with E-state index in [0.29, 0.717) is 30.8 Å². The van der Waals surface area contributed by atoms with Crippen molar-refractivity contribution in [2.24, 2.45) is 0 Å². The minimum absolute atomic E-state index is 0.00950. The highest BCUT2D eigenvalue weighted by Crippen LogP contribution is 2.26. The van der Waals surface area contributed by atoms with E-state index in [9.17, 15) is 21.6 Å². The molecule has 1 fully saturated rings. The summed E-state index contributed by atoms with van der Waals surface area (Å²) in [7, 11) is -7.74. The molecule has 0 saturated carbocycles. The average molecular weight is 469 g/mol. The van der Waals surface area contributed by atoms with Crippen molar-refractivity contribution in [1.82, 2.24) is 4.31 Å². The Kier molecular flexibility index (Phi) is 6.99. The van der Waals surface area contributed by atoms with Crippen molar-refractivity contribution in [1.29, 1.82) is 0 Å². The fourth-order valence-corrected chi connectivity index (χ4v) is 5.88. The van der Waals surface area contributed by atoms with Crippen LogP contribution in [0.15, 0.2) is 52.3 Å². The molecule has 0 aliphatic carbocycles.